The van der Waals surface area contributed by atoms with Crippen molar-refractivity contribution in [2.45, 2.75) is 30.1 Å². The maximum atomic E-state index is 6.06. The molecule has 0 spiro atoms. The molecule has 21 heavy (non-hydrogen) atoms. The molecule has 0 bridgehead atoms. The molecule has 1 aliphatic rings. The van der Waals surface area contributed by atoms with Crippen LogP contribution in [0.2, 0.25) is 0 Å². The minimum absolute atomic E-state index is 0. The summed E-state index contributed by atoms with van der Waals surface area (Å²) in [6.45, 7) is 7.36. The molecule has 2 N–H and O–H groups in total. The van der Waals surface area contributed by atoms with E-state index in [-0.39, 0.29) is 30.1 Å². The minimum Gasteiger partial charge on any atom is -0.375 e. The van der Waals surface area contributed by atoms with Crippen LogP contribution in [0.15, 0.2) is 40.2 Å². The lowest BCUT2D eigenvalue weighted by atomic mass is 10.3. The molecule has 0 radical (unpaired) electrons. The van der Waals surface area contributed by atoms with E-state index in [4.69, 9.17) is 10.5 Å². The predicted octanol–water partition coefficient (Wildman–Crippen LogP) is 2.82. The van der Waals surface area contributed by atoms with Gasteiger partial charge >= 0.3 is 0 Å². The SMILES string of the molecule is CC1CN(C(N)=NCC(C)Sc2ccccc2)CCO1.I. The first-order valence-corrected chi connectivity index (χ1v) is 7.91. The molecule has 1 saturated heterocycles. The number of rotatable bonds is 4. The zero-order chi connectivity index (χ0) is 14.4. The highest BCUT2D eigenvalue weighted by atomic mass is 127. The van der Waals surface area contributed by atoms with Crippen molar-refractivity contribution in [3.8, 4) is 0 Å². The molecule has 1 aromatic carbocycles. The number of guanidine groups is 1. The Morgan fingerprint density at radius 2 is 2.19 bits per heavy atom. The molecule has 6 heteroatoms. The van der Waals surface area contributed by atoms with Gasteiger partial charge in [0.2, 0.25) is 0 Å². The number of morpholine rings is 1. The number of thioether (sulfide) groups is 1. The fourth-order valence-electron chi connectivity index (χ4n) is 2.12. The van der Waals surface area contributed by atoms with Gasteiger partial charge in [-0.3, -0.25) is 4.99 Å². The fourth-order valence-corrected chi connectivity index (χ4v) is 3.05. The van der Waals surface area contributed by atoms with Gasteiger partial charge in [-0.15, -0.1) is 35.7 Å². The topological polar surface area (TPSA) is 50.8 Å². The van der Waals surface area contributed by atoms with Gasteiger partial charge in [-0.25, -0.2) is 0 Å². The Kier molecular flexibility index (Phi) is 8.43. The average molecular weight is 421 g/mol. The van der Waals surface area contributed by atoms with Gasteiger partial charge in [-0.2, -0.15) is 0 Å². The Morgan fingerprint density at radius 1 is 1.48 bits per heavy atom. The summed E-state index contributed by atoms with van der Waals surface area (Å²) in [6.07, 6.45) is 0.230. The summed E-state index contributed by atoms with van der Waals surface area (Å²) in [6, 6.07) is 10.4. The summed E-state index contributed by atoms with van der Waals surface area (Å²) >= 11 is 1.83. The van der Waals surface area contributed by atoms with Crippen molar-refractivity contribution in [3.63, 3.8) is 0 Å². The second kappa shape index (κ2) is 9.53. The van der Waals surface area contributed by atoms with Crippen LogP contribution in [0.25, 0.3) is 0 Å². The van der Waals surface area contributed by atoms with E-state index in [1.165, 1.54) is 4.90 Å². The second-order valence-electron chi connectivity index (χ2n) is 5.07. The van der Waals surface area contributed by atoms with Crippen molar-refractivity contribution in [1.82, 2.24) is 4.90 Å². The first-order chi connectivity index (χ1) is 9.65. The normalized spacial score (nSPS) is 20.8. The summed E-state index contributed by atoms with van der Waals surface area (Å²) < 4.78 is 5.51. The average Bonchev–Trinajstić information content (AvgIpc) is 2.46. The summed E-state index contributed by atoms with van der Waals surface area (Å²) in [5, 5.41) is 0.411. The van der Waals surface area contributed by atoms with Gasteiger partial charge in [0.25, 0.3) is 0 Å². The monoisotopic (exact) mass is 421 g/mol. The van der Waals surface area contributed by atoms with E-state index >= 15 is 0 Å². The van der Waals surface area contributed by atoms with Crippen molar-refractivity contribution < 1.29 is 4.74 Å². The number of aliphatic imine (C=N–C) groups is 1. The van der Waals surface area contributed by atoms with Crippen LogP contribution in [0, 0.1) is 0 Å². The molecule has 0 aromatic heterocycles. The molecule has 2 rings (SSSR count). The van der Waals surface area contributed by atoms with Crippen LogP contribution in [0.4, 0.5) is 0 Å². The van der Waals surface area contributed by atoms with Crippen LogP contribution in [0.3, 0.4) is 0 Å². The van der Waals surface area contributed by atoms with Gasteiger partial charge in [-0.05, 0) is 19.1 Å². The van der Waals surface area contributed by atoms with E-state index in [1.54, 1.807) is 0 Å². The first kappa shape index (κ1) is 18.6. The number of benzene rings is 1. The van der Waals surface area contributed by atoms with Gasteiger partial charge in [0.15, 0.2) is 5.96 Å². The third-order valence-electron chi connectivity index (χ3n) is 3.16. The molecule has 0 amide bonds. The van der Waals surface area contributed by atoms with Crippen molar-refractivity contribution in [1.29, 1.82) is 0 Å². The van der Waals surface area contributed by atoms with E-state index in [0.29, 0.717) is 11.2 Å². The molecule has 2 atom stereocenters. The van der Waals surface area contributed by atoms with Crippen molar-refractivity contribution in [2.24, 2.45) is 10.7 Å². The molecule has 1 fully saturated rings. The third kappa shape index (κ3) is 6.44. The molecular weight excluding hydrogens is 397 g/mol. The summed E-state index contributed by atoms with van der Waals surface area (Å²) in [5.41, 5.74) is 6.06. The van der Waals surface area contributed by atoms with Crippen LogP contribution in [0.5, 0.6) is 0 Å². The quantitative estimate of drug-likeness (QED) is 0.352. The summed E-state index contributed by atoms with van der Waals surface area (Å²) in [7, 11) is 0. The zero-order valence-corrected chi connectivity index (χ0v) is 15.7. The van der Waals surface area contributed by atoms with Crippen molar-refractivity contribution in [2.75, 3.05) is 26.2 Å². The number of nitrogens with zero attached hydrogens (tertiary/aromatic N) is 2. The van der Waals surface area contributed by atoms with Crippen LogP contribution in [-0.2, 0) is 4.74 Å². The third-order valence-corrected chi connectivity index (χ3v) is 4.25. The lowest BCUT2D eigenvalue weighted by Crippen LogP contribution is -2.48. The van der Waals surface area contributed by atoms with E-state index in [2.05, 4.69) is 48.0 Å². The Morgan fingerprint density at radius 3 is 2.86 bits per heavy atom. The first-order valence-electron chi connectivity index (χ1n) is 7.03. The van der Waals surface area contributed by atoms with Gasteiger partial charge in [-0.1, -0.05) is 25.1 Å². The van der Waals surface area contributed by atoms with Crippen molar-refractivity contribution >= 4 is 41.7 Å². The zero-order valence-electron chi connectivity index (χ0n) is 12.6. The van der Waals surface area contributed by atoms with E-state index < -0.39 is 0 Å². The maximum Gasteiger partial charge on any atom is 0.191 e. The number of hydrogen-bond donors (Lipinski definition) is 1. The van der Waals surface area contributed by atoms with Gasteiger partial charge < -0.3 is 15.4 Å². The second-order valence-corrected chi connectivity index (χ2v) is 6.58. The van der Waals surface area contributed by atoms with E-state index in [1.807, 2.05) is 17.8 Å². The van der Waals surface area contributed by atoms with E-state index in [0.717, 1.165) is 26.2 Å². The standard InChI is InChI=1S/C15H23N3OS.HI/c1-12-11-18(8-9-19-12)15(16)17-10-13(2)20-14-6-4-3-5-7-14;/h3-7,12-13H,8-11H2,1-2H3,(H2,16,17);1H. The molecular formula is C15H24IN3OS. The lowest BCUT2D eigenvalue weighted by Gasteiger charge is -2.32. The van der Waals surface area contributed by atoms with Crippen LogP contribution >= 0.6 is 35.7 Å². The smallest absolute Gasteiger partial charge is 0.191 e. The van der Waals surface area contributed by atoms with Gasteiger partial charge in [0.05, 0.1) is 19.3 Å². The number of hydrogen-bond acceptors (Lipinski definition) is 3. The molecule has 0 aliphatic carbocycles. The van der Waals surface area contributed by atoms with E-state index in [9.17, 15) is 0 Å². The Balaban J connectivity index is 0.00000220. The Hall–Kier alpha value is -0.470. The highest BCUT2D eigenvalue weighted by Crippen LogP contribution is 2.22. The molecule has 1 aliphatic heterocycles. The largest absolute Gasteiger partial charge is 0.375 e. The summed E-state index contributed by atoms with van der Waals surface area (Å²) in [4.78, 5) is 7.90. The number of halogens is 1. The highest BCUT2D eigenvalue weighted by Gasteiger charge is 2.18. The predicted molar refractivity (Wildman–Crippen MR) is 101 cm³/mol. The van der Waals surface area contributed by atoms with Crippen molar-refractivity contribution in [3.05, 3.63) is 30.3 Å². The van der Waals surface area contributed by atoms with Gasteiger partial charge in [0.1, 0.15) is 0 Å². The fraction of sp³-hybridized carbons (Fsp3) is 0.533. The van der Waals surface area contributed by atoms with Gasteiger partial charge in [0, 0.05) is 23.2 Å². The minimum atomic E-state index is 0. The molecule has 2 unspecified atom stereocenters. The highest BCUT2D eigenvalue weighted by molar-refractivity contribution is 14.0. The van der Waals surface area contributed by atoms with Crippen LogP contribution in [-0.4, -0.2) is 48.5 Å². The molecule has 1 aromatic rings. The van der Waals surface area contributed by atoms with Crippen LogP contribution < -0.4 is 5.73 Å². The molecule has 0 saturated carbocycles. The molecule has 4 nitrogen and oxygen atoms in total. The lowest BCUT2D eigenvalue weighted by molar-refractivity contribution is 0.00530. The molecule has 1 heterocycles. The summed E-state index contributed by atoms with van der Waals surface area (Å²) in [5.74, 6) is 0.640. The molecule has 118 valence electrons. The Labute approximate surface area is 148 Å². The van der Waals surface area contributed by atoms with Crippen LogP contribution in [0.1, 0.15) is 13.8 Å². The Bertz CT molecular complexity index is 444. The maximum absolute atomic E-state index is 6.06. The number of nitrogens with two attached hydrogens (primary N) is 1. The number of ether oxygens (including phenoxy) is 1.